The van der Waals surface area contributed by atoms with Crippen LogP contribution < -0.4 is 0 Å². The van der Waals surface area contributed by atoms with Crippen LogP contribution >= 0.6 is 0 Å². The van der Waals surface area contributed by atoms with Crippen LogP contribution in [0.1, 0.15) is 0 Å². The summed E-state index contributed by atoms with van der Waals surface area (Å²) in [6.07, 6.45) is 0. The topological polar surface area (TPSA) is 0 Å². The van der Waals surface area contributed by atoms with Crippen molar-refractivity contribution < 1.29 is 59.3 Å². The molecule has 0 saturated heterocycles. The van der Waals surface area contributed by atoms with Crippen LogP contribution in [0.4, 0.5) is 28.2 Å². The Morgan fingerprint density at radius 1 is 0.286 bits per heavy atom. The van der Waals surface area contributed by atoms with E-state index in [-0.39, 0.29) is 59.3 Å². The molecular weight excluding hydrogens is 352 g/mol. The molecule has 0 saturated carbocycles. The first-order valence-corrected chi connectivity index (χ1v) is 0. The number of hydrogen-bond donors (Lipinski definition) is 0. The Hall–Kier alpha value is 0.632. The van der Waals surface area contributed by atoms with Gasteiger partial charge in [0.05, 0.1) is 0 Å². The van der Waals surface area contributed by atoms with Crippen molar-refractivity contribution in [2.75, 3.05) is 0 Å². The molecule has 0 unspecified atom stereocenters. The van der Waals surface area contributed by atoms with Crippen molar-refractivity contribution in [1.82, 2.24) is 0 Å². The smallest absolute Gasteiger partial charge is 0 e. The summed E-state index contributed by atoms with van der Waals surface area (Å²) in [5.74, 6) is 0. The molecule has 0 amide bonds. The van der Waals surface area contributed by atoms with Gasteiger partial charge in [-0.15, -0.1) is 0 Å². The predicted molar refractivity (Wildman–Crippen MR) is 15.0 cm³/mol. The first kappa shape index (κ1) is 841. The third-order valence-electron chi connectivity index (χ3n) is 0. The number of rotatable bonds is 0. The fraction of sp³-hybridized carbons (Fsp3) is 0. The maximum Gasteiger partial charge on any atom is 0 e. The van der Waals surface area contributed by atoms with Crippen LogP contribution in [0, 0.1) is 31.1 Å². The molecule has 0 spiro atoms. The summed E-state index contributed by atoms with van der Waals surface area (Å²) in [5.41, 5.74) is 0. The van der Waals surface area contributed by atoms with Crippen molar-refractivity contribution in [3.8, 4) is 0 Å². The van der Waals surface area contributed by atoms with Crippen LogP contribution in [0.3, 0.4) is 0 Å². The molecule has 7 heteroatoms. The van der Waals surface area contributed by atoms with E-state index in [1.54, 1.807) is 0 Å². The van der Waals surface area contributed by atoms with Gasteiger partial charge in [0.25, 0.3) is 0 Å². The SMILES string of the molecule is F.F.F.F.F.F.[U]. The molecule has 0 radical (unpaired) electrons. The molecule has 0 bridgehead atoms. The van der Waals surface area contributed by atoms with E-state index in [0.29, 0.717) is 0 Å². The summed E-state index contributed by atoms with van der Waals surface area (Å²) in [6.45, 7) is 0. The maximum atomic E-state index is 0. The van der Waals surface area contributed by atoms with Gasteiger partial charge in [0.1, 0.15) is 0 Å². The summed E-state index contributed by atoms with van der Waals surface area (Å²) in [4.78, 5) is 0. The van der Waals surface area contributed by atoms with E-state index in [1.165, 1.54) is 0 Å². The predicted octanol–water partition coefficient (Wildman–Crippen LogP) is 0.915. The molecular formula is H6F6U. The zero-order chi connectivity index (χ0) is 0. The van der Waals surface area contributed by atoms with Crippen molar-refractivity contribution >= 4 is 0 Å². The van der Waals surface area contributed by atoms with Gasteiger partial charge in [-0.05, 0) is 0 Å². The van der Waals surface area contributed by atoms with Crippen LogP contribution in [0.15, 0.2) is 0 Å². The first-order valence-electron chi connectivity index (χ1n) is 0. The monoisotopic (exact) mass is 358 g/mol. The molecule has 0 aliphatic heterocycles. The largest absolute Gasteiger partial charge is 0.269 e. The van der Waals surface area contributed by atoms with E-state index in [2.05, 4.69) is 0 Å². The summed E-state index contributed by atoms with van der Waals surface area (Å²) in [5, 5.41) is 0. The van der Waals surface area contributed by atoms with Gasteiger partial charge >= 0.3 is 0 Å². The third-order valence-corrected chi connectivity index (χ3v) is 0. The third kappa shape index (κ3) is 356. The average Bonchev–Trinajstić information content (AvgIpc) is 0. The van der Waals surface area contributed by atoms with Gasteiger partial charge in [-0.2, -0.15) is 0 Å². The minimum absolute atomic E-state index is 0. The molecule has 0 N–H and O–H groups in total. The quantitative estimate of drug-likeness (QED) is 0.565. The van der Waals surface area contributed by atoms with Crippen molar-refractivity contribution in [2.24, 2.45) is 0 Å². The van der Waals surface area contributed by atoms with Crippen molar-refractivity contribution in [3.05, 3.63) is 0 Å². The molecule has 0 aliphatic carbocycles. The zero-order valence-corrected chi connectivity index (χ0v) is 7.11. The van der Waals surface area contributed by atoms with Gasteiger partial charge in [-0.3, -0.25) is 28.2 Å². The fourth-order valence-electron chi connectivity index (χ4n) is 0. The van der Waals surface area contributed by atoms with Crippen molar-refractivity contribution in [3.63, 3.8) is 0 Å². The van der Waals surface area contributed by atoms with E-state index < -0.39 is 0 Å². The molecule has 0 nitrogen and oxygen atoms in total. The van der Waals surface area contributed by atoms with Crippen LogP contribution in [-0.4, -0.2) is 0 Å². The average molecular weight is 358 g/mol. The van der Waals surface area contributed by atoms with Gasteiger partial charge in [0.2, 0.25) is 0 Å². The zero-order valence-electron chi connectivity index (χ0n) is 2.95. The van der Waals surface area contributed by atoms with Crippen molar-refractivity contribution in [2.45, 2.75) is 0 Å². The minimum atomic E-state index is 0. The molecule has 0 aliphatic rings. The van der Waals surface area contributed by atoms with Gasteiger partial charge < -0.3 is 0 Å². The summed E-state index contributed by atoms with van der Waals surface area (Å²) < 4.78 is 0. The second-order valence-corrected chi connectivity index (χ2v) is 0. The molecule has 0 rings (SSSR count). The van der Waals surface area contributed by atoms with Crippen molar-refractivity contribution in [1.29, 1.82) is 0 Å². The summed E-state index contributed by atoms with van der Waals surface area (Å²) in [7, 11) is 0. The number of hydrogen-bond acceptors (Lipinski definition) is 0. The van der Waals surface area contributed by atoms with E-state index in [4.69, 9.17) is 0 Å². The normalized spacial score (nSPS) is 0. The standard InChI is InChI=1S/6FH.U/h6*1H;. The molecule has 52 valence electrons. The van der Waals surface area contributed by atoms with Crippen LogP contribution in [0.25, 0.3) is 0 Å². The molecule has 0 aromatic carbocycles. The molecule has 0 aromatic heterocycles. The van der Waals surface area contributed by atoms with Crippen LogP contribution in [0.5, 0.6) is 0 Å². The van der Waals surface area contributed by atoms with Gasteiger partial charge in [-0.1, -0.05) is 0 Å². The number of halogens is 6. The Kier molecular flexibility index (Phi) is 63200. The van der Waals surface area contributed by atoms with Gasteiger partial charge in [0.15, 0.2) is 0 Å². The Morgan fingerprint density at radius 2 is 0.286 bits per heavy atom. The fourth-order valence-corrected chi connectivity index (χ4v) is 0. The van der Waals surface area contributed by atoms with Gasteiger partial charge in [-0.25, -0.2) is 0 Å². The second kappa shape index (κ2) is 527. The Labute approximate surface area is 59.6 Å². The summed E-state index contributed by atoms with van der Waals surface area (Å²) in [6, 6.07) is 0. The first-order chi connectivity index (χ1) is 0. The molecule has 0 aromatic rings. The van der Waals surface area contributed by atoms with Gasteiger partial charge in [0, 0.05) is 31.1 Å². The Bertz CT molecular complexity index is 4.14. The maximum absolute atomic E-state index is 0. The Morgan fingerprint density at radius 3 is 0.286 bits per heavy atom. The molecule has 7 heavy (non-hydrogen) atoms. The second-order valence-electron chi connectivity index (χ2n) is 0. The van der Waals surface area contributed by atoms with Crippen LogP contribution in [0.2, 0.25) is 0 Å². The van der Waals surface area contributed by atoms with E-state index in [1.807, 2.05) is 0 Å². The summed E-state index contributed by atoms with van der Waals surface area (Å²) >= 11 is 0. The van der Waals surface area contributed by atoms with E-state index in [9.17, 15) is 0 Å². The van der Waals surface area contributed by atoms with E-state index >= 15 is 0 Å². The van der Waals surface area contributed by atoms with E-state index in [0.717, 1.165) is 0 Å². The molecule has 0 atom stereocenters. The molecule has 0 heterocycles. The Balaban J connectivity index is 0. The van der Waals surface area contributed by atoms with Crippen LogP contribution in [-0.2, 0) is 0 Å². The molecule has 0 fully saturated rings. The minimum Gasteiger partial charge on any atom is -0.269 e.